The van der Waals surface area contributed by atoms with Gasteiger partial charge in [-0.2, -0.15) is 0 Å². The number of aryl methyl sites for hydroxylation is 2. The summed E-state index contributed by atoms with van der Waals surface area (Å²) in [5.74, 6) is 0. The van der Waals surface area contributed by atoms with Gasteiger partial charge in [-0.3, -0.25) is 0 Å². The largest absolute Gasteiger partial charge is 0.405 e. The van der Waals surface area contributed by atoms with Crippen LogP contribution in [-0.4, -0.2) is 0 Å². The first-order valence-corrected chi connectivity index (χ1v) is 13.3. The molecule has 194 valence electrons. The van der Waals surface area contributed by atoms with E-state index in [0.29, 0.717) is 0 Å². The molecule has 0 unspecified atom stereocenters. The van der Waals surface area contributed by atoms with Crippen molar-refractivity contribution in [2.75, 3.05) is 5.73 Å². The van der Waals surface area contributed by atoms with Crippen LogP contribution in [0.5, 0.6) is 0 Å². The van der Waals surface area contributed by atoms with Gasteiger partial charge in [-0.25, -0.2) is 0 Å². The van der Waals surface area contributed by atoms with E-state index in [0.717, 1.165) is 40.6 Å². The maximum Gasteiger partial charge on any atom is 0.0320 e. The van der Waals surface area contributed by atoms with E-state index in [9.17, 15) is 0 Å². The van der Waals surface area contributed by atoms with Gasteiger partial charge >= 0.3 is 0 Å². The van der Waals surface area contributed by atoms with Gasteiger partial charge in [0.1, 0.15) is 0 Å². The molecule has 3 aromatic carbocycles. The number of rotatable bonds is 10. The molecule has 0 spiro atoms. The van der Waals surface area contributed by atoms with Gasteiger partial charge in [0.2, 0.25) is 0 Å². The van der Waals surface area contributed by atoms with Gasteiger partial charge in [0.15, 0.2) is 0 Å². The second-order valence-corrected chi connectivity index (χ2v) is 9.40. The van der Waals surface area contributed by atoms with Gasteiger partial charge in [0.25, 0.3) is 0 Å². The van der Waals surface area contributed by atoms with E-state index < -0.39 is 0 Å². The van der Waals surface area contributed by atoms with Crippen LogP contribution in [0.2, 0.25) is 0 Å². The molecule has 0 aliphatic rings. The molecule has 0 saturated carbocycles. The summed E-state index contributed by atoms with van der Waals surface area (Å²) in [6, 6.07) is 19.2. The molecule has 0 amide bonds. The number of hydrogen-bond donors (Lipinski definition) is 2. The number of allylic oxidation sites excluding steroid dienone is 11. The van der Waals surface area contributed by atoms with Crippen molar-refractivity contribution in [3.05, 3.63) is 148 Å². The van der Waals surface area contributed by atoms with Gasteiger partial charge < -0.3 is 11.5 Å². The van der Waals surface area contributed by atoms with Crippen LogP contribution in [0.3, 0.4) is 0 Å². The summed E-state index contributed by atoms with van der Waals surface area (Å²) in [7, 11) is 0. The minimum atomic E-state index is 0.784. The third-order valence-electron chi connectivity index (χ3n) is 6.64. The topological polar surface area (TPSA) is 52.0 Å². The highest BCUT2D eigenvalue weighted by atomic mass is 14.5. The zero-order valence-electron chi connectivity index (χ0n) is 23.1. The van der Waals surface area contributed by atoms with Crippen LogP contribution >= 0.6 is 0 Å². The Morgan fingerprint density at radius 2 is 1.29 bits per heavy atom. The Balaban J connectivity index is 1.88. The molecule has 0 bridgehead atoms. The first-order chi connectivity index (χ1) is 18.4. The molecule has 0 fully saturated rings. The van der Waals surface area contributed by atoms with Crippen LogP contribution in [0.15, 0.2) is 126 Å². The monoisotopic (exact) mass is 500 g/mol. The van der Waals surface area contributed by atoms with Crippen LogP contribution in [0.25, 0.3) is 22.9 Å². The van der Waals surface area contributed by atoms with Crippen LogP contribution < -0.4 is 11.5 Å². The molecule has 0 heterocycles. The molecule has 3 aromatic rings. The predicted molar refractivity (Wildman–Crippen MR) is 170 cm³/mol. The fourth-order valence-electron chi connectivity index (χ4n) is 4.20. The molecular weight excluding hydrogens is 460 g/mol. The van der Waals surface area contributed by atoms with E-state index in [1.807, 2.05) is 18.2 Å². The number of nitrogens with two attached hydrogens (primary N) is 2. The Morgan fingerprint density at radius 3 is 2.00 bits per heavy atom. The fourth-order valence-corrected chi connectivity index (χ4v) is 4.20. The Hall–Kier alpha value is -4.30. The lowest BCUT2D eigenvalue weighted by atomic mass is 9.99. The summed E-state index contributed by atoms with van der Waals surface area (Å²) in [5.41, 5.74) is 20.9. The maximum absolute atomic E-state index is 5.94. The molecular formula is C36H40N2. The Morgan fingerprint density at radius 1 is 0.658 bits per heavy atom. The second-order valence-electron chi connectivity index (χ2n) is 9.40. The van der Waals surface area contributed by atoms with Crippen LogP contribution in [-0.2, 0) is 12.8 Å². The number of fused-ring (bicyclic) bond motifs is 1. The number of hydrogen-bond acceptors (Lipinski definition) is 2. The summed E-state index contributed by atoms with van der Waals surface area (Å²) in [4.78, 5) is 0. The SMILES string of the molecule is CCc1ccc(\C=C/C(/C=C/c2ccc3cc(N)ccc3c2)=C\C=C\C=C/C(C)=C(C)\C=C\N)cc1CC. The van der Waals surface area contributed by atoms with Crippen molar-refractivity contribution >= 4 is 28.6 Å². The highest BCUT2D eigenvalue weighted by Crippen LogP contribution is 2.21. The molecule has 0 aliphatic heterocycles. The average molecular weight is 501 g/mol. The van der Waals surface area contributed by atoms with Gasteiger partial charge in [0, 0.05) is 5.69 Å². The highest BCUT2D eigenvalue weighted by molar-refractivity contribution is 5.87. The maximum atomic E-state index is 5.94. The van der Waals surface area contributed by atoms with Crippen molar-refractivity contribution in [1.82, 2.24) is 0 Å². The molecule has 0 radical (unpaired) electrons. The van der Waals surface area contributed by atoms with Gasteiger partial charge in [-0.15, -0.1) is 0 Å². The van der Waals surface area contributed by atoms with Crippen molar-refractivity contribution in [3.8, 4) is 0 Å². The van der Waals surface area contributed by atoms with Crippen LogP contribution in [0.1, 0.15) is 49.9 Å². The minimum absolute atomic E-state index is 0.784. The lowest BCUT2D eigenvalue weighted by Gasteiger charge is -2.06. The Labute approximate surface area is 228 Å². The normalized spacial score (nSPS) is 13.7. The molecule has 0 aromatic heterocycles. The van der Waals surface area contributed by atoms with Crippen molar-refractivity contribution in [2.24, 2.45) is 5.73 Å². The van der Waals surface area contributed by atoms with Crippen molar-refractivity contribution in [1.29, 1.82) is 0 Å². The minimum Gasteiger partial charge on any atom is -0.405 e. The van der Waals surface area contributed by atoms with Gasteiger partial charge in [-0.05, 0) is 107 Å². The summed E-state index contributed by atoms with van der Waals surface area (Å²) < 4.78 is 0. The standard InChI is InChI=1S/C36H40N2/c1-5-32-18-16-30(24-33(32)6-2)14-12-29(11-9-7-8-10-27(3)28(4)22-23-37)13-15-31-17-19-35-26-36(38)21-20-34(35)25-31/h7-26H,5-6,37-38H2,1-4H3/b9-7+,10-8-,14-12-,15-13+,23-22+,28-27-,29-11+. The lowest BCUT2D eigenvalue weighted by Crippen LogP contribution is -1.91. The summed E-state index contributed by atoms with van der Waals surface area (Å²) in [6.45, 7) is 8.57. The van der Waals surface area contributed by atoms with Crippen molar-refractivity contribution < 1.29 is 0 Å². The Kier molecular flexibility index (Phi) is 10.7. The lowest BCUT2D eigenvalue weighted by molar-refractivity contribution is 1.04. The van der Waals surface area contributed by atoms with E-state index in [4.69, 9.17) is 11.5 Å². The van der Waals surface area contributed by atoms with E-state index in [2.05, 4.69) is 125 Å². The zero-order valence-corrected chi connectivity index (χ0v) is 23.1. The molecule has 0 aliphatic carbocycles. The fraction of sp³-hybridized carbons (Fsp3) is 0.167. The molecule has 38 heavy (non-hydrogen) atoms. The molecule has 3 rings (SSSR count). The van der Waals surface area contributed by atoms with Crippen LogP contribution in [0, 0.1) is 0 Å². The number of nitrogen functional groups attached to an aromatic ring is 1. The van der Waals surface area contributed by atoms with Crippen LogP contribution in [0.4, 0.5) is 5.69 Å². The molecule has 2 nitrogen and oxygen atoms in total. The quantitative estimate of drug-likeness (QED) is 0.215. The van der Waals surface area contributed by atoms with E-state index in [1.165, 1.54) is 27.6 Å². The molecule has 0 saturated heterocycles. The number of benzene rings is 3. The summed E-state index contributed by atoms with van der Waals surface area (Å²) >= 11 is 0. The first kappa shape index (κ1) is 28.3. The van der Waals surface area contributed by atoms with E-state index in [1.54, 1.807) is 6.20 Å². The number of anilines is 1. The average Bonchev–Trinajstić information content (AvgIpc) is 2.93. The van der Waals surface area contributed by atoms with Gasteiger partial charge in [0.05, 0.1) is 0 Å². The second kappa shape index (κ2) is 14.4. The van der Waals surface area contributed by atoms with E-state index >= 15 is 0 Å². The molecule has 4 N–H and O–H groups in total. The molecule has 0 atom stereocenters. The predicted octanol–water partition coefficient (Wildman–Crippen LogP) is 9.12. The molecule has 2 heteroatoms. The smallest absolute Gasteiger partial charge is 0.0320 e. The summed E-state index contributed by atoms with van der Waals surface area (Å²) in [5, 5.41) is 2.33. The third kappa shape index (κ3) is 8.38. The van der Waals surface area contributed by atoms with E-state index in [-0.39, 0.29) is 0 Å². The third-order valence-corrected chi connectivity index (χ3v) is 6.64. The highest BCUT2D eigenvalue weighted by Gasteiger charge is 2.00. The van der Waals surface area contributed by atoms with Gasteiger partial charge in [-0.1, -0.05) is 105 Å². The Bertz CT molecular complexity index is 1460. The zero-order chi connectivity index (χ0) is 27.3. The first-order valence-electron chi connectivity index (χ1n) is 13.3. The van der Waals surface area contributed by atoms with Crippen molar-refractivity contribution in [3.63, 3.8) is 0 Å². The van der Waals surface area contributed by atoms with Crippen molar-refractivity contribution in [2.45, 2.75) is 40.5 Å². The summed E-state index contributed by atoms with van der Waals surface area (Å²) in [6.07, 6.45) is 24.7.